The number of nitrogens with one attached hydrogen (secondary N) is 1. The second kappa shape index (κ2) is 6.58. The number of rotatable bonds is 5. The van der Waals surface area contributed by atoms with Gasteiger partial charge in [0.05, 0.1) is 16.8 Å². The highest BCUT2D eigenvalue weighted by atomic mass is 79.9. The van der Waals surface area contributed by atoms with Crippen LogP contribution in [0.5, 0.6) is 0 Å². The number of pyridine rings is 1. The van der Waals surface area contributed by atoms with E-state index in [2.05, 4.69) is 39.5 Å². The molecule has 0 saturated carbocycles. The number of halogens is 1. The Bertz CT molecular complexity index is 697. The third kappa shape index (κ3) is 4.04. The molecule has 1 N–H and O–H groups in total. The van der Waals surface area contributed by atoms with Gasteiger partial charge in [-0.15, -0.1) is 0 Å². The summed E-state index contributed by atoms with van der Waals surface area (Å²) < 4.78 is 27.7. The van der Waals surface area contributed by atoms with Gasteiger partial charge in [-0.1, -0.05) is 26.0 Å². The molecular formula is C15H17BrN2O2S. The predicted molar refractivity (Wildman–Crippen MR) is 87.9 cm³/mol. The average molecular weight is 369 g/mol. The number of anilines is 1. The molecule has 0 aliphatic heterocycles. The largest absolute Gasteiger partial charge is 0.278 e. The fraction of sp³-hybridized carbons (Fsp3) is 0.267. The lowest BCUT2D eigenvalue weighted by Crippen LogP contribution is -2.13. The van der Waals surface area contributed by atoms with Crippen LogP contribution in [-0.2, 0) is 10.0 Å². The molecule has 1 aromatic carbocycles. The monoisotopic (exact) mass is 368 g/mol. The molecule has 1 heterocycles. The molecule has 1 atom stereocenters. The van der Waals surface area contributed by atoms with Gasteiger partial charge in [-0.05, 0) is 58.1 Å². The number of sulfonamides is 1. The quantitative estimate of drug-likeness (QED) is 0.806. The van der Waals surface area contributed by atoms with Gasteiger partial charge in [-0.25, -0.2) is 13.4 Å². The fourth-order valence-electron chi connectivity index (χ4n) is 1.86. The molecule has 1 aromatic heterocycles. The molecule has 0 aliphatic rings. The van der Waals surface area contributed by atoms with E-state index >= 15 is 0 Å². The summed E-state index contributed by atoms with van der Waals surface area (Å²) >= 11 is 3.21. The van der Waals surface area contributed by atoms with Crippen molar-refractivity contribution in [3.05, 3.63) is 52.8 Å². The fourth-order valence-corrected chi connectivity index (χ4v) is 3.14. The van der Waals surface area contributed by atoms with Crippen molar-refractivity contribution in [2.75, 3.05) is 4.72 Å². The van der Waals surface area contributed by atoms with Gasteiger partial charge < -0.3 is 0 Å². The molecule has 6 heteroatoms. The van der Waals surface area contributed by atoms with Crippen LogP contribution in [0.15, 0.2) is 52.1 Å². The molecule has 2 aromatic rings. The molecular weight excluding hydrogens is 352 g/mol. The van der Waals surface area contributed by atoms with E-state index < -0.39 is 10.0 Å². The number of hydrogen-bond acceptors (Lipinski definition) is 3. The van der Waals surface area contributed by atoms with Crippen molar-refractivity contribution in [2.24, 2.45) is 0 Å². The van der Waals surface area contributed by atoms with Gasteiger partial charge in [0.15, 0.2) is 0 Å². The molecule has 4 nitrogen and oxygen atoms in total. The maximum atomic E-state index is 12.3. The summed E-state index contributed by atoms with van der Waals surface area (Å²) in [5, 5.41) is 0. The SMILES string of the molecule is CCC(C)c1ccc(S(=O)(=O)Nc2ccc(Br)nc2)cc1. The molecule has 2 rings (SSSR count). The molecule has 0 amide bonds. The maximum Gasteiger partial charge on any atom is 0.261 e. The van der Waals surface area contributed by atoms with Gasteiger partial charge in [-0.2, -0.15) is 0 Å². The lowest BCUT2D eigenvalue weighted by Gasteiger charge is -2.11. The molecule has 0 bridgehead atoms. The Kier molecular flexibility index (Phi) is 5.00. The van der Waals surface area contributed by atoms with E-state index in [9.17, 15) is 8.42 Å². The Labute approximate surface area is 133 Å². The van der Waals surface area contributed by atoms with Gasteiger partial charge in [-0.3, -0.25) is 4.72 Å². The van der Waals surface area contributed by atoms with Crippen molar-refractivity contribution < 1.29 is 8.42 Å². The summed E-state index contributed by atoms with van der Waals surface area (Å²) in [4.78, 5) is 4.24. The Morgan fingerprint density at radius 2 is 1.86 bits per heavy atom. The van der Waals surface area contributed by atoms with E-state index in [0.29, 0.717) is 16.2 Å². The number of benzene rings is 1. The Balaban J connectivity index is 2.21. The van der Waals surface area contributed by atoms with Gasteiger partial charge in [0, 0.05) is 0 Å². The van der Waals surface area contributed by atoms with Gasteiger partial charge in [0.2, 0.25) is 0 Å². The highest BCUT2D eigenvalue weighted by Gasteiger charge is 2.14. The van der Waals surface area contributed by atoms with Crippen LogP contribution in [0.25, 0.3) is 0 Å². The molecule has 21 heavy (non-hydrogen) atoms. The van der Waals surface area contributed by atoms with Crippen LogP contribution in [0.3, 0.4) is 0 Å². The van der Waals surface area contributed by atoms with Crippen molar-refractivity contribution in [2.45, 2.75) is 31.1 Å². The zero-order chi connectivity index (χ0) is 15.5. The van der Waals surface area contributed by atoms with E-state index in [1.54, 1.807) is 24.3 Å². The number of aromatic nitrogens is 1. The first-order chi connectivity index (χ1) is 9.92. The van der Waals surface area contributed by atoms with E-state index in [-0.39, 0.29) is 4.90 Å². The minimum absolute atomic E-state index is 0.248. The minimum Gasteiger partial charge on any atom is -0.278 e. The first-order valence-corrected chi connectivity index (χ1v) is 8.94. The van der Waals surface area contributed by atoms with Crippen molar-refractivity contribution in [3.63, 3.8) is 0 Å². The van der Waals surface area contributed by atoms with E-state index in [4.69, 9.17) is 0 Å². The first kappa shape index (κ1) is 16.0. The van der Waals surface area contributed by atoms with Gasteiger partial charge in [0.1, 0.15) is 4.60 Å². The predicted octanol–water partition coefficient (Wildman–Crippen LogP) is 4.16. The molecule has 0 saturated heterocycles. The van der Waals surface area contributed by atoms with Crippen LogP contribution in [0.4, 0.5) is 5.69 Å². The summed E-state index contributed by atoms with van der Waals surface area (Å²) in [6, 6.07) is 10.3. The minimum atomic E-state index is -3.58. The summed E-state index contributed by atoms with van der Waals surface area (Å²) in [6.45, 7) is 4.23. The maximum absolute atomic E-state index is 12.3. The van der Waals surface area contributed by atoms with Crippen LogP contribution in [0, 0.1) is 0 Å². The Morgan fingerprint density at radius 3 is 2.38 bits per heavy atom. The Morgan fingerprint density at radius 1 is 1.19 bits per heavy atom. The third-order valence-corrected chi connectivity index (χ3v) is 5.22. The normalized spacial score (nSPS) is 12.9. The van der Waals surface area contributed by atoms with Gasteiger partial charge >= 0.3 is 0 Å². The molecule has 0 fully saturated rings. The molecule has 0 aliphatic carbocycles. The topological polar surface area (TPSA) is 59.1 Å². The van der Waals surface area contributed by atoms with Crippen LogP contribution in [-0.4, -0.2) is 13.4 Å². The third-order valence-electron chi connectivity index (χ3n) is 3.35. The zero-order valence-electron chi connectivity index (χ0n) is 11.9. The van der Waals surface area contributed by atoms with Crippen LogP contribution in [0.2, 0.25) is 0 Å². The summed E-state index contributed by atoms with van der Waals surface area (Å²) in [5.74, 6) is 0.422. The second-order valence-corrected chi connectivity index (χ2v) is 7.35. The lowest BCUT2D eigenvalue weighted by molar-refractivity contribution is 0.601. The standard InChI is InChI=1S/C15H17BrN2O2S/c1-3-11(2)12-4-7-14(8-5-12)21(19,20)18-13-6-9-15(16)17-10-13/h4-11,18H,3H2,1-2H3. The van der Waals surface area contributed by atoms with E-state index in [0.717, 1.165) is 12.0 Å². The summed E-state index contributed by atoms with van der Waals surface area (Å²) in [5.41, 5.74) is 1.57. The van der Waals surface area contributed by atoms with Crippen LogP contribution >= 0.6 is 15.9 Å². The van der Waals surface area contributed by atoms with Crippen molar-refractivity contribution >= 4 is 31.6 Å². The second-order valence-electron chi connectivity index (χ2n) is 4.85. The van der Waals surface area contributed by atoms with Gasteiger partial charge in [0.25, 0.3) is 10.0 Å². The van der Waals surface area contributed by atoms with E-state index in [1.165, 1.54) is 6.20 Å². The van der Waals surface area contributed by atoms with Crippen molar-refractivity contribution in [3.8, 4) is 0 Å². The highest BCUT2D eigenvalue weighted by molar-refractivity contribution is 9.10. The molecule has 1 unspecified atom stereocenters. The number of hydrogen-bond donors (Lipinski definition) is 1. The average Bonchev–Trinajstić information content (AvgIpc) is 2.49. The lowest BCUT2D eigenvalue weighted by atomic mass is 9.99. The van der Waals surface area contributed by atoms with Crippen molar-refractivity contribution in [1.82, 2.24) is 4.98 Å². The van der Waals surface area contributed by atoms with Crippen LogP contribution < -0.4 is 4.72 Å². The zero-order valence-corrected chi connectivity index (χ0v) is 14.3. The first-order valence-electron chi connectivity index (χ1n) is 6.66. The van der Waals surface area contributed by atoms with E-state index in [1.807, 2.05) is 12.1 Å². The molecule has 112 valence electrons. The molecule has 0 spiro atoms. The van der Waals surface area contributed by atoms with Crippen molar-refractivity contribution in [1.29, 1.82) is 0 Å². The van der Waals surface area contributed by atoms with Crippen LogP contribution in [0.1, 0.15) is 31.7 Å². The Hall–Kier alpha value is -1.40. The molecule has 0 radical (unpaired) electrons. The summed E-state index contributed by atoms with van der Waals surface area (Å²) in [6.07, 6.45) is 2.49. The highest BCUT2D eigenvalue weighted by Crippen LogP contribution is 2.22. The summed E-state index contributed by atoms with van der Waals surface area (Å²) in [7, 11) is -3.58. The smallest absolute Gasteiger partial charge is 0.261 e. The number of nitrogens with zero attached hydrogens (tertiary/aromatic N) is 1.